The first-order chi connectivity index (χ1) is 4.16. The van der Waals surface area contributed by atoms with E-state index in [9.17, 15) is 13.7 Å². The lowest BCUT2D eigenvalue weighted by Gasteiger charge is -1.92. The highest BCUT2D eigenvalue weighted by Crippen LogP contribution is 1.86. The van der Waals surface area contributed by atoms with Gasteiger partial charge in [0.2, 0.25) is 6.54 Å². The summed E-state index contributed by atoms with van der Waals surface area (Å²) in [4.78, 5) is 10.6. The SMILES string of the molecule is CC[N+](=O)NCC(F)F. The average molecular weight is 139 g/mol. The highest BCUT2D eigenvalue weighted by Gasteiger charge is 2.07. The molecular weight excluding hydrogens is 130 g/mol. The standard InChI is InChI=1S/C4H9F2N2O/c1-2-8(9)7-3-4(5)6/h4H,2-3H2,1H3,(H,7,9)/q+1. The summed E-state index contributed by atoms with van der Waals surface area (Å²) in [6.45, 7) is 1.18. The monoisotopic (exact) mass is 139 g/mol. The van der Waals surface area contributed by atoms with E-state index in [2.05, 4.69) is 0 Å². The van der Waals surface area contributed by atoms with Crippen molar-refractivity contribution in [2.45, 2.75) is 13.3 Å². The second-order valence-corrected chi connectivity index (χ2v) is 1.45. The maximum Gasteiger partial charge on any atom is 0.261 e. The molecule has 0 fully saturated rings. The minimum Gasteiger partial charge on any atom is -0.208 e. The molecule has 0 radical (unpaired) electrons. The van der Waals surface area contributed by atoms with Crippen molar-refractivity contribution < 1.29 is 13.6 Å². The fourth-order valence-corrected chi connectivity index (χ4v) is 0.283. The van der Waals surface area contributed by atoms with Crippen molar-refractivity contribution in [3.8, 4) is 0 Å². The Bertz CT molecular complexity index is 96.6. The van der Waals surface area contributed by atoms with E-state index in [4.69, 9.17) is 0 Å². The van der Waals surface area contributed by atoms with E-state index in [-0.39, 0.29) is 6.54 Å². The fraction of sp³-hybridized carbons (Fsp3) is 1.00. The molecule has 0 bridgehead atoms. The van der Waals surface area contributed by atoms with Crippen molar-refractivity contribution in [2.24, 2.45) is 0 Å². The van der Waals surface area contributed by atoms with Gasteiger partial charge in [-0.2, -0.15) is 0 Å². The Morgan fingerprint density at radius 2 is 2.22 bits per heavy atom. The molecule has 0 spiro atoms. The summed E-state index contributed by atoms with van der Waals surface area (Å²) < 4.78 is 22.6. The third-order valence-corrected chi connectivity index (χ3v) is 0.709. The van der Waals surface area contributed by atoms with Crippen LogP contribution in [0.15, 0.2) is 0 Å². The van der Waals surface area contributed by atoms with Gasteiger partial charge in [-0.05, 0) is 0 Å². The predicted octanol–water partition coefficient (Wildman–Crippen LogP) is 0.555. The number of nitrogens with one attached hydrogen (secondary N) is 1. The van der Waals surface area contributed by atoms with Crippen LogP contribution in [-0.2, 0) is 0 Å². The molecule has 54 valence electrons. The van der Waals surface area contributed by atoms with Gasteiger partial charge in [0.25, 0.3) is 6.43 Å². The molecule has 9 heavy (non-hydrogen) atoms. The van der Waals surface area contributed by atoms with Crippen molar-refractivity contribution in [1.29, 1.82) is 0 Å². The topological polar surface area (TPSA) is 32.1 Å². The van der Waals surface area contributed by atoms with Gasteiger partial charge in [-0.25, -0.2) is 8.78 Å². The van der Waals surface area contributed by atoms with E-state index in [1.165, 1.54) is 0 Å². The number of hydrogen-bond acceptors (Lipinski definition) is 1. The summed E-state index contributed by atoms with van der Waals surface area (Å²) in [6.07, 6.45) is -2.46. The van der Waals surface area contributed by atoms with Crippen LogP contribution in [0.1, 0.15) is 6.92 Å². The molecule has 0 aromatic carbocycles. The van der Waals surface area contributed by atoms with E-state index in [1.807, 2.05) is 5.43 Å². The zero-order valence-electron chi connectivity index (χ0n) is 5.10. The molecule has 0 atom stereocenters. The lowest BCUT2D eigenvalue weighted by atomic mass is 10.7. The molecule has 0 aliphatic carbocycles. The van der Waals surface area contributed by atoms with Crippen molar-refractivity contribution in [2.75, 3.05) is 13.1 Å². The smallest absolute Gasteiger partial charge is 0.208 e. The Balaban J connectivity index is 3.17. The van der Waals surface area contributed by atoms with Gasteiger partial charge in [0.1, 0.15) is 11.4 Å². The molecular formula is C4H9F2N2O+. The summed E-state index contributed by atoms with van der Waals surface area (Å²) in [5.74, 6) is 0. The highest BCUT2D eigenvalue weighted by molar-refractivity contribution is 4.34. The number of rotatable bonds is 4. The first-order valence-corrected chi connectivity index (χ1v) is 2.63. The fourth-order valence-electron chi connectivity index (χ4n) is 0.283. The normalized spacial score (nSPS) is 9.78. The summed E-state index contributed by atoms with van der Waals surface area (Å²) in [6, 6.07) is 0. The maximum absolute atomic E-state index is 11.3. The molecule has 0 saturated carbocycles. The molecule has 0 aromatic heterocycles. The molecule has 3 nitrogen and oxygen atoms in total. The van der Waals surface area contributed by atoms with Gasteiger partial charge in [0.05, 0.1) is 4.91 Å². The van der Waals surface area contributed by atoms with Gasteiger partial charge in [-0.1, -0.05) is 0 Å². The molecule has 0 aliphatic heterocycles. The van der Waals surface area contributed by atoms with Gasteiger partial charge in [0, 0.05) is 6.92 Å². The van der Waals surface area contributed by atoms with Gasteiger partial charge in [-0.3, -0.25) is 0 Å². The molecule has 0 saturated heterocycles. The van der Waals surface area contributed by atoms with E-state index in [0.29, 0.717) is 4.87 Å². The maximum atomic E-state index is 11.3. The summed E-state index contributed by atoms with van der Waals surface area (Å²) in [7, 11) is 0. The Kier molecular flexibility index (Phi) is 3.83. The van der Waals surface area contributed by atoms with Crippen molar-refractivity contribution in [1.82, 2.24) is 5.43 Å². The van der Waals surface area contributed by atoms with E-state index in [0.717, 1.165) is 0 Å². The zero-order valence-corrected chi connectivity index (χ0v) is 5.10. The summed E-state index contributed by atoms with van der Waals surface area (Å²) >= 11 is 0. The van der Waals surface area contributed by atoms with Crippen LogP contribution in [0.5, 0.6) is 0 Å². The number of nitrogens with zero attached hydrogens (tertiary/aromatic N) is 1. The number of hydrogen-bond donors (Lipinski definition) is 1. The van der Waals surface area contributed by atoms with Crippen LogP contribution in [0, 0.1) is 4.91 Å². The summed E-state index contributed by atoms with van der Waals surface area (Å²) in [5.41, 5.74) is 1.96. The molecule has 0 rings (SSSR count). The largest absolute Gasteiger partial charge is 0.261 e. The van der Waals surface area contributed by atoms with Crippen LogP contribution in [-0.4, -0.2) is 24.4 Å². The van der Waals surface area contributed by atoms with E-state index in [1.54, 1.807) is 6.92 Å². The minimum atomic E-state index is -2.46. The van der Waals surface area contributed by atoms with Crippen LogP contribution < -0.4 is 5.43 Å². The van der Waals surface area contributed by atoms with Crippen molar-refractivity contribution in [3.05, 3.63) is 4.91 Å². The van der Waals surface area contributed by atoms with Crippen molar-refractivity contribution in [3.63, 3.8) is 0 Å². The molecule has 0 aromatic rings. The molecule has 0 aliphatic rings. The van der Waals surface area contributed by atoms with E-state index < -0.39 is 13.0 Å². The van der Waals surface area contributed by atoms with Crippen LogP contribution in [0.25, 0.3) is 0 Å². The molecule has 1 N–H and O–H groups in total. The van der Waals surface area contributed by atoms with Crippen LogP contribution >= 0.6 is 0 Å². The van der Waals surface area contributed by atoms with Crippen LogP contribution in [0.4, 0.5) is 8.78 Å². The number of alkyl halides is 2. The van der Waals surface area contributed by atoms with Crippen LogP contribution in [0.3, 0.4) is 0 Å². The zero-order chi connectivity index (χ0) is 7.28. The molecule has 0 amide bonds. The summed E-state index contributed by atoms with van der Waals surface area (Å²) in [5, 5.41) is 0. The quantitative estimate of drug-likeness (QED) is 0.455. The molecule has 0 unspecified atom stereocenters. The van der Waals surface area contributed by atoms with Gasteiger partial charge in [0.15, 0.2) is 0 Å². The highest BCUT2D eigenvalue weighted by atomic mass is 19.3. The third kappa shape index (κ3) is 5.13. The minimum absolute atomic E-state index is 0.173. The second-order valence-electron chi connectivity index (χ2n) is 1.45. The van der Waals surface area contributed by atoms with Crippen LogP contribution in [0.2, 0.25) is 0 Å². The van der Waals surface area contributed by atoms with Gasteiger partial charge in [-0.15, -0.1) is 5.43 Å². The van der Waals surface area contributed by atoms with Gasteiger partial charge >= 0.3 is 0 Å². The lowest BCUT2D eigenvalue weighted by Crippen LogP contribution is -2.30. The Morgan fingerprint density at radius 1 is 1.67 bits per heavy atom. The number of nitroso groups, excluding NO2 is 1. The Morgan fingerprint density at radius 3 is 2.56 bits per heavy atom. The molecule has 0 heterocycles. The Hall–Kier alpha value is -0.740. The third-order valence-electron chi connectivity index (χ3n) is 0.709. The number of halogens is 2. The van der Waals surface area contributed by atoms with Crippen molar-refractivity contribution >= 4 is 0 Å². The second kappa shape index (κ2) is 4.17. The number of hydrazine groups is 1. The first-order valence-electron chi connectivity index (χ1n) is 2.63. The first kappa shape index (κ1) is 8.26. The molecule has 5 heteroatoms. The average Bonchev–Trinajstić information content (AvgIpc) is 1.83. The Labute approximate surface area is 51.6 Å². The predicted molar refractivity (Wildman–Crippen MR) is 28.2 cm³/mol. The van der Waals surface area contributed by atoms with E-state index >= 15 is 0 Å². The van der Waals surface area contributed by atoms with Gasteiger partial charge < -0.3 is 0 Å². The lowest BCUT2D eigenvalue weighted by molar-refractivity contribution is -0.605.